The van der Waals surface area contributed by atoms with E-state index in [2.05, 4.69) is 15.6 Å². The molecule has 0 radical (unpaired) electrons. The van der Waals surface area contributed by atoms with E-state index in [4.69, 9.17) is 0 Å². The highest BCUT2D eigenvalue weighted by molar-refractivity contribution is 7.10. The summed E-state index contributed by atoms with van der Waals surface area (Å²) >= 11 is 1.39. The van der Waals surface area contributed by atoms with Gasteiger partial charge in [0, 0.05) is 54.6 Å². The lowest BCUT2D eigenvalue weighted by Crippen LogP contribution is -2.55. The first-order valence-electron chi connectivity index (χ1n) is 13.0. The van der Waals surface area contributed by atoms with Crippen LogP contribution in [0.2, 0.25) is 0 Å². The number of hydrazine groups is 1. The Kier molecular flexibility index (Phi) is 7.07. The molecule has 4 heterocycles. The number of fused-ring (bicyclic) bond motifs is 1. The number of hydrogen-bond acceptors (Lipinski definition) is 10. The summed E-state index contributed by atoms with van der Waals surface area (Å²) in [5.74, 6) is -1.52. The van der Waals surface area contributed by atoms with Gasteiger partial charge in [0.25, 0.3) is 11.6 Å². The summed E-state index contributed by atoms with van der Waals surface area (Å²) in [6.07, 6.45) is 2.47. The molecule has 0 aliphatic carbocycles. The van der Waals surface area contributed by atoms with Gasteiger partial charge in [0.05, 0.1) is 22.6 Å². The Balaban J connectivity index is 1.31. The highest BCUT2D eigenvalue weighted by Gasteiger charge is 2.54. The van der Waals surface area contributed by atoms with Gasteiger partial charge in [-0.1, -0.05) is 18.2 Å². The predicted molar refractivity (Wildman–Crippen MR) is 152 cm³/mol. The minimum Gasteiger partial charge on any atom is -0.386 e. The Hall–Kier alpha value is -4.10. The molecular formula is C28H28N6O5S. The number of amides is 2. The number of piperazine rings is 1. The maximum Gasteiger partial charge on any atom is 0.269 e. The molecule has 3 aliphatic rings. The number of nitro groups is 1. The molecule has 206 valence electrons. The number of rotatable bonds is 7. The molecule has 3 aromatic rings. The highest BCUT2D eigenvalue weighted by Crippen LogP contribution is 2.39. The van der Waals surface area contributed by atoms with Crippen molar-refractivity contribution in [3.05, 3.63) is 93.2 Å². The number of nitro benzene ring substituents is 1. The van der Waals surface area contributed by atoms with Crippen molar-refractivity contribution in [3.8, 4) is 0 Å². The van der Waals surface area contributed by atoms with Gasteiger partial charge >= 0.3 is 0 Å². The van der Waals surface area contributed by atoms with Gasteiger partial charge in [0.2, 0.25) is 5.91 Å². The van der Waals surface area contributed by atoms with Crippen molar-refractivity contribution >= 4 is 45.9 Å². The molecule has 2 amide bonds. The first-order chi connectivity index (χ1) is 19.4. The molecule has 6 rings (SSSR count). The van der Waals surface area contributed by atoms with E-state index in [1.54, 1.807) is 29.3 Å². The normalized spacial score (nSPS) is 23.8. The van der Waals surface area contributed by atoms with Crippen LogP contribution in [0.5, 0.6) is 0 Å². The van der Waals surface area contributed by atoms with Crippen molar-refractivity contribution < 1.29 is 19.6 Å². The Morgan fingerprint density at radius 3 is 2.33 bits per heavy atom. The molecule has 0 saturated carbocycles. The fourth-order valence-corrected chi connectivity index (χ4v) is 6.25. The Bertz CT molecular complexity index is 1420. The van der Waals surface area contributed by atoms with Crippen LogP contribution in [-0.4, -0.2) is 65.1 Å². The summed E-state index contributed by atoms with van der Waals surface area (Å²) in [7, 11) is 0. The molecule has 11 nitrogen and oxygen atoms in total. The van der Waals surface area contributed by atoms with Crippen molar-refractivity contribution in [3.63, 3.8) is 0 Å². The van der Waals surface area contributed by atoms with Crippen LogP contribution < -0.4 is 20.5 Å². The minimum absolute atomic E-state index is 0.0697. The number of non-ortho nitro benzene ring substituents is 1. The van der Waals surface area contributed by atoms with E-state index >= 15 is 0 Å². The average molecular weight is 561 g/mol. The standard InChI is InChI=1S/C28H28N6O5S/c35-26(24-2-1-17-40-24)23-12-11-22-25(33(23)30-18-3-5-21(6-4-18)34(38)39)28(37)32(27(22)36)20-9-7-19(8-10-20)31-15-13-29-14-16-31/h1-12,17,22-23,25-26,29-30,35H,13-16H2/t22-,23?,25+,26+/m1/s1. The van der Waals surface area contributed by atoms with Gasteiger partial charge in [-0.05, 0) is 47.8 Å². The highest BCUT2D eigenvalue weighted by atomic mass is 32.1. The molecule has 2 saturated heterocycles. The predicted octanol–water partition coefficient (Wildman–Crippen LogP) is 2.93. The second-order valence-electron chi connectivity index (χ2n) is 9.89. The van der Waals surface area contributed by atoms with Crippen LogP contribution in [-0.2, 0) is 9.59 Å². The number of benzene rings is 2. The van der Waals surface area contributed by atoms with E-state index in [1.807, 2.05) is 29.6 Å². The first-order valence-corrected chi connectivity index (χ1v) is 13.9. The van der Waals surface area contributed by atoms with Crippen LogP contribution >= 0.6 is 11.3 Å². The molecule has 2 fully saturated rings. The first kappa shape index (κ1) is 26.1. The number of carbonyl (C=O) groups is 2. The van der Waals surface area contributed by atoms with E-state index in [0.717, 1.165) is 31.9 Å². The Morgan fingerprint density at radius 2 is 1.68 bits per heavy atom. The summed E-state index contributed by atoms with van der Waals surface area (Å²) in [6, 6.07) is 15.3. The number of hydrogen-bond donors (Lipinski definition) is 3. The lowest BCUT2D eigenvalue weighted by Gasteiger charge is -2.40. The van der Waals surface area contributed by atoms with Gasteiger partial charge in [-0.25, -0.2) is 9.91 Å². The van der Waals surface area contributed by atoms with Gasteiger partial charge in [0.1, 0.15) is 12.1 Å². The van der Waals surface area contributed by atoms with Crippen molar-refractivity contribution in [1.82, 2.24) is 10.3 Å². The summed E-state index contributed by atoms with van der Waals surface area (Å²) in [5, 5.41) is 29.2. The minimum atomic E-state index is -0.974. The number of aliphatic hydroxyl groups excluding tert-OH is 1. The van der Waals surface area contributed by atoms with Crippen LogP contribution in [0.3, 0.4) is 0 Å². The SMILES string of the molecule is O=C1[C@@H]2[C@@H](C=CC([C@H](O)c3cccs3)N2Nc2ccc([N+](=O)[O-])cc2)C(=O)N1c1ccc(N2CCNCC2)cc1. The second-order valence-corrected chi connectivity index (χ2v) is 10.9. The number of thiophene rings is 1. The molecule has 40 heavy (non-hydrogen) atoms. The van der Waals surface area contributed by atoms with Gasteiger partial charge < -0.3 is 20.7 Å². The lowest BCUT2D eigenvalue weighted by atomic mass is 9.92. The topological polar surface area (TPSA) is 131 Å². The van der Waals surface area contributed by atoms with Crippen LogP contribution in [0.15, 0.2) is 78.2 Å². The molecular weight excluding hydrogens is 532 g/mol. The van der Waals surface area contributed by atoms with Crippen molar-refractivity contribution in [2.45, 2.75) is 18.2 Å². The Labute approximate surface area is 234 Å². The zero-order chi connectivity index (χ0) is 27.8. The third kappa shape index (κ3) is 4.75. The number of imide groups is 1. The Morgan fingerprint density at radius 1 is 0.975 bits per heavy atom. The molecule has 0 bridgehead atoms. The molecule has 3 N–H and O–H groups in total. The number of carbonyl (C=O) groups excluding carboxylic acids is 2. The van der Waals surface area contributed by atoms with E-state index < -0.39 is 34.9 Å². The molecule has 3 aliphatic heterocycles. The van der Waals surface area contributed by atoms with Crippen molar-refractivity contribution in [2.75, 3.05) is 41.4 Å². The lowest BCUT2D eigenvalue weighted by molar-refractivity contribution is -0.384. The van der Waals surface area contributed by atoms with Gasteiger partial charge in [0.15, 0.2) is 0 Å². The summed E-state index contributed by atoms with van der Waals surface area (Å²) in [5.41, 5.74) is 5.11. The fourth-order valence-electron chi connectivity index (χ4n) is 5.50. The fraction of sp³-hybridized carbons (Fsp3) is 0.286. The number of aliphatic hydroxyl groups is 1. The molecule has 12 heteroatoms. The quantitative estimate of drug-likeness (QED) is 0.173. The van der Waals surface area contributed by atoms with Gasteiger partial charge in [-0.2, -0.15) is 0 Å². The average Bonchev–Trinajstić information content (AvgIpc) is 3.61. The van der Waals surface area contributed by atoms with Crippen LogP contribution in [0.1, 0.15) is 11.0 Å². The van der Waals surface area contributed by atoms with Gasteiger partial charge in [-0.3, -0.25) is 19.7 Å². The largest absolute Gasteiger partial charge is 0.386 e. The number of anilines is 3. The summed E-state index contributed by atoms with van der Waals surface area (Å²) in [6.45, 7) is 3.56. The molecule has 4 atom stereocenters. The smallest absolute Gasteiger partial charge is 0.269 e. The third-order valence-electron chi connectivity index (χ3n) is 7.54. The van der Waals surface area contributed by atoms with Gasteiger partial charge in [-0.15, -0.1) is 11.3 Å². The molecule has 0 spiro atoms. The van der Waals surface area contributed by atoms with Crippen LogP contribution in [0, 0.1) is 16.0 Å². The van der Waals surface area contributed by atoms with E-state index in [1.165, 1.54) is 40.5 Å². The monoisotopic (exact) mass is 560 g/mol. The molecule has 1 unspecified atom stereocenters. The zero-order valence-electron chi connectivity index (χ0n) is 21.4. The summed E-state index contributed by atoms with van der Waals surface area (Å²) in [4.78, 5) is 42.4. The second kappa shape index (κ2) is 10.8. The maximum atomic E-state index is 13.9. The molecule has 1 aromatic heterocycles. The van der Waals surface area contributed by atoms with Crippen LogP contribution in [0.25, 0.3) is 0 Å². The third-order valence-corrected chi connectivity index (χ3v) is 8.48. The van der Waals surface area contributed by atoms with Crippen LogP contribution in [0.4, 0.5) is 22.7 Å². The maximum absolute atomic E-state index is 13.9. The van der Waals surface area contributed by atoms with E-state index in [0.29, 0.717) is 16.3 Å². The zero-order valence-corrected chi connectivity index (χ0v) is 22.2. The van der Waals surface area contributed by atoms with E-state index in [9.17, 15) is 24.8 Å². The van der Waals surface area contributed by atoms with Crippen molar-refractivity contribution in [2.24, 2.45) is 5.92 Å². The summed E-state index contributed by atoms with van der Waals surface area (Å²) < 4.78 is 0. The molecule has 2 aromatic carbocycles. The number of nitrogens with zero attached hydrogens (tertiary/aromatic N) is 4. The van der Waals surface area contributed by atoms with E-state index in [-0.39, 0.29) is 11.6 Å². The van der Waals surface area contributed by atoms with Crippen molar-refractivity contribution in [1.29, 1.82) is 0 Å². The number of nitrogens with one attached hydrogen (secondary N) is 2.